The molecule has 92 valence electrons. The standard InChI is InChI=1S/C13H15FO3/c1-5-16-11-7-6-9(14)8-10(11)12(15)17-13(2,3)4/h5-8H,1H2,2-4H3. The van der Waals surface area contributed by atoms with E-state index < -0.39 is 17.4 Å². The third kappa shape index (κ3) is 3.90. The molecule has 0 radical (unpaired) electrons. The van der Waals surface area contributed by atoms with Gasteiger partial charge in [-0.05, 0) is 39.0 Å². The van der Waals surface area contributed by atoms with Crippen LogP contribution in [0.2, 0.25) is 0 Å². The zero-order valence-electron chi connectivity index (χ0n) is 10.1. The maximum atomic E-state index is 13.1. The fourth-order valence-corrected chi connectivity index (χ4v) is 1.19. The van der Waals surface area contributed by atoms with Gasteiger partial charge in [-0.1, -0.05) is 6.58 Å². The molecule has 0 N–H and O–H groups in total. The highest BCUT2D eigenvalue weighted by molar-refractivity contribution is 5.92. The second-order valence-corrected chi connectivity index (χ2v) is 4.43. The van der Waals surface area contributed by atoms with Crippen LogP contribution >= 0.6 is 0 Å². The van der Waals surface area contributed by atoms with E-state index in [2.05, 4.69) is 6.58 Å². The number of ether oxygens (including phenoxy) is 2. The molecule has 0 spiro atoms. The number of benzene rings is 1. The van der Waals surface area contributed by atoms with Crippen molar-refractivity contribution in [1.29, 1.82) is 0 Å². The van der Waals surface area contributed by atoms with E-state index in [4.69, 9.17) is 9.47 Å². The van der Waals surface area contributed by atoms with Crippen LogP contribution in [-0.2, 0) is 4.74 Å². The molecule has 0 saturated heterocycles. The molecular formula is C13H15FO3. The molecule has 0 aromatic heterocycles. The molecule has 0 aliphatic rings. The average Bonchev–Trinajstić information content (AvgIpc) is 2.18. The first-order chi connectivity index (χ1) is 7.83. The van der Waals surface area contributed by atoms with Crippen LogP contribution in [0.5, 0.6) is 5.75 Å². The zero-order chi connectivity index (χ0) is 13.1. The second kappa shape index (κ2) is 4.99. The molecular weight excluding hydrogens is 223 g/mol. The Hall–Kier alpha value is -1.84. The van der Waals surface area contributed by atoms with Crippen molar-refractivity contribution in [3.63, 3.8) is 0 Å². The van der Waals surface area contributed by atoms with E-state index in [1.807, 2.05) is 0 Å². The van der Waals surface area contributed by atoms with Crippen LogP contribution in [0.25, 0.3) is 0 Å². The largest absolute Gasteiger partial charge is 0.465 e. The maximum absolute atomic E-state index is 13.1. The Balaban J connectivity index is 3.06. The van der Waals surface area contributed by atoms with Crippen molar-refractivity contribution in [3.05, 3.63) is 42.4 Å². The van der Waals surface area contributed by atoms with Gasteiger partial charge in [-0.2, -0.15) is 0 Å². The van der Waals surface area contributed by atoms with Gasteiger partial charge < -0.3 is 9.47 Å². The second-order valence-electron chi connectivity index (χ2n) is 4.43. The summed E-state index contributed by atoms with van der Waals surface area (Å²) in [5.74, 6) is -0.938. The third-order valence-electron chi connectivity index (χ3n) is 1.77. The van der Waals surface area contributed by atoms with Crippen LogP contribution in [0.15, 0.2) is 31.0 Å². The molecule has 1 aromatic carbocycles. The number of esters is 1. The molecule has 0 amide bonds. The SMILES string of the molecule is C=COc1ccc(F)cc1C(=O)OC(C)(C)C. The lowest BCUT2D eigenvalue weighted by molar-refractivity contribution is 0.00666. The van der Waals surface area contributed by atoms with Crippen molar-refractivity contribution in [2.24, 2.45) is 0 Å². The lowest BCUT2D eigenvalue weighted by Gasteiger charge is -2.20. The maximum Gasteiger partial charge on any atom is 0.342 e. The molecule has 0 aliphatic carbocycles. The predicted molar refractivity (Wildman–Crippen MR) is 62.4 cm³/mol. The van der Waals surface area contributed by atoms with Gasteiger partial charge in [-0.3, -0.25) is 0 Å². The van der Waals surface area contributed by atoms with Gasteiger partial charge in [-0.15, -0.1) is 0 Å². The van der Waals surface area contributed by atoms with Crippen LogP contribution in [0.1, 0.15) is 31.1 Å². The Labute approximate surface area is 99.9 Å². The normalized spacial score (nSPS) is 10.8. The summed E-state index contributed by atoms with van der Waals surface area (Å²) >= 11 is 0. The van der Waals surface area contributed by atoms with Crippen molar-refractivity contribution in [1.82, 2.24) is 0 Å². The number of hydrogen-bond acceptors (Lipinski definition) is 3. The minimum Gasteiger partial charge on any atom is -0.465 e. The Morgan fingerprint density at radius 2 is 2.06 bits per heavy atom. The molecule has 0 atom stereocenters. The Bertz CT molecular complexity index is 433. The van der Waals surface area contributed by atoms with E-state index in [1.54, 1.807) is 20.8 Å². The summed E-state index contributed by atoms with van der Waals surface area (Å²) in [6.07, 6.45) is 1.17. The van der Waals surface area contributed by atoms with E-state index in [-0.39, 0.29) is 11.3 Å². The van der Waals surface area contributed by atoms with Gasteiger partial charge in [0.15, 0.2) is 0 Å². The quantitative estimate of drug-likeness (QED) is 0.598. The van der Waals surface area contributed by atoms with Gasteiger partial charge in [0, 0.05) is 0 Å². The summed E-state index contributed by atoms with van der Waals surface area (Å²) in [5.41, 5.74) is -0.602. The van der Waals surface area contributed by atoms with E-state index >= 15 is 0 Å². The van der Waals surface area contributed by atoms with Gasteiger partial charge in [0.2, 0.25) is 0 Å². The predicted octanol–water partition coefficient (Wildman–Crippen LogP) is 3.30. The summed E-state index contributed by atoms with van der Waals surface area (Å²) in [5, 5.41) is 0. The molecule has 0 saturated carbocycles. The summed E-state index contributed by atoms with van der Waals surface area (Å²) in [4.78, 5) is 11.8. The molecule has 1 aromatic rings. The minimum absolute atomic E-state index is 0.0415. The highest BCUT2D eigenvalue weighted by Gasteiger charge is 2.21. The van der Waals surface area contributed by atoms with Crippen molar-refractivity contribution in [3.8, 4) is 5.75 Å². The summed E-state index contributed by atoms with van der Waals surface area (Å²) in [6, 6.07) is 3.63. The van der Waals surface area contributed by atoms with Gasteiger partial charge in [0.05, 0.1) is 6.26 Å². The molecule has 0 heterocycles. The molecule has 0 unspecified atom stereocenters. The third-order valence-corrected chi connectivity index (χ3v) is 1.77. The average molecular weight is 238 g/mol. The molecule has 0 bridgehead atoms. The Morgan fingerprint density at radius 1 is 1.41 bits per heavy atom. The lowest BCUT2D eigenvalue weighted by Crippen LogP contribution is -2.24. The van der Waals surface area contributed by atoms with E-state index in [9.17, 15) is 9.18 Å². The van der Waals surface area contributed by atoms with Crippen LogP contribution in [0.3, 0.4) is 0 Å². The van der Waals surface area contributed by atoms with Crippen molar-refractivity contribution >= 4 is 5.97 Å². The monoisotopic (exact) mass is 238 g/mol. The number of halogens is 1. The molecule has 3 nitrogen and oxygen atoms in total. The highest BCUT2D eigenvalue weighted by atomic mass is 19.1. The van der Waals surface area contributed by atoms with Crippen LogP contribution in [0, 0.1) is 5.82 Å². The first-order valence-corrected chi connectivity index (χ1v) is 5.14. The van der Waals surface area contributed by atoms with E-state index in [0.29, 0.717) is 0 Å². The van der Waals surface area contributed by atoms with Crippen LogP contribution in [0.4, 0.5) is 4.39 Å². The van der Waals surface area contributed by atoms with Crippen molar-refractivity contribution in [2.75, 3.05) is 0 Å². The Kier molecular flexibility index (Phi) is 3.89. The van der Waals surface area contributed by atoms with Crippen LogP contribution in [-0.4, -0.2) is 11.6 Å². The van der Waals surface area contributed by atoms with Crippen LogP contribution < -0.4 is 4.74 Å². The van der Waals surface area contributed by atoms with Gasteiger partial charge in [0.25, 0.3) is 0 Å². The fourth-order valence-electron chi connectivity index (χ4n) is 1.19. The number of rotatable bonds is 3. The van der Waals surface area contributed by atoms with E-state index in [1.165, 1.54) is 18.4 Å². The van der Waals surface area contributed by atoms with Crippen molar-refractivity contribution < 1.29 is 18.7 Å². The number of hydrogen-bond donors (Lipinski definition) is 0. The van der Waals surface area contributed by atoms with Gasteiger partial charge >= 0.3 is 5.97 Å². The van der Waals surface area contributed by atoms with Gasteiger partial charge in [0.1, 0.15) is 22.7 Å². The first kappa shape index (κ1) is 13.2. The topological polar surface area (TPSA) is 35.5 Å². The summed E-state index contributed by atoms with van der Waals surface area (Å²) < 4.78 is 23.3. The number of carbonyl (C=O) groups excluding carboxylic acids is 1. The fraction of sp³-hybridized carbons (Fsp3) is 0.308. The first-order valence-electron chi connectivity index (χ1n) is 5.14. The van der Waals surface area contributed by atoms with Crippen molar-refractivity contribution in [2.45, 2.75) is 26.4 Å². The smallest absolute Gasteiger partial charge is 0.342 e. The number of carbonyl (C=O) groups is 1. The Morgan fingerprint density at radius 3 is 2.59 bits per heavy atom. The highest BCUT2D eigenvalue weighted by Crippen LogP contribution is 2.23. The lowest BCUT2D eigenvalue weighted by atomic mass is 10.1. The molecule has 1 rings (SSSR count). The molecule has 4 heteroatoms. The molecule has 17 heavy (non-hydrogen) atoms. The summed E-state index contributed by atoms with van der Waals surface area (Å²) in [6.45, 7) is 8.59. The molecule has 0 fully saturated rings. The summed E-state index contributed by atoms with van der Waals surface area (Å²) in [7, 11) is 0. The minimum atomic E-state index is -0.644. The zero-order valence-corrected chi connectivity index (χ0v) is 10.1. The van der Waals surface area contributed by atoms with E-state index in [0.717, 1.165) is 6.07 Å². The molecule has 0 aliphatic heterocycles. The van der Waals surface area contributed by atoms with Gasteiger partial charge in [-0.25, -0.2) is 9.18 Å².